The molecular weight excluding hydrogens is 315 g/mol. The summed E-state index contributed by atoms with van der Waals surface area (Å²) < 4.78 is 30.2. The second kappa shape index (κ2) is 38.2. The van der Waals surface area contributed by atoms with E-state index in [0.29, 0.717) is 0 Å². The molecule has 13 N–H and O–H groups in total. The molecule has 0 bridgehead atoms. The summed E-state index contributed by atoms with van der Waals surface area (Å²) in [5.41, 5.74) is 0. The number of halogens is 1. The number of hydrogen-bond acceptors (Lipinski definition) is 6. The number of nitrogens with two attached hydrogens (primary N) is 5. The van der Waals surface area contributed by atoms with Gasteiger partial charge in [-0.2, -0.15) is 0 Å². The van der Waals surface area contributed by atoms with Gasteiger partial charge in [-0.3, -0.25) is 0 Å². The van der Waals surface area contributed by atoms with E-state index in [2.05, 4.69) is 0 Å². The molecule has 0 atom stereocenters. The summed E-state index contributed by atoms with van der Waals surface area (Å²) in [6, 6.07) is 0. The molecule has 13 heteroatoms. The van der Waals surface area contributed by atoms with E-state index in [1.54, 1.807) is 0 Å². The minimum Gasteiger partial charge on any atom is 8.00 e. The van der Waals surface area contributed by atoms with Gasteiger partial charge in [0.1, 0.15) is 0 Å². The van der Waals surface area contributed by atoms with Gasteiger partial charge in [-0.15, -0.1) is 0 Å². The summed E-state index contributed by atoms with van der Waals surface area (Å²) >= 11 is 0. The minimum absolute atomic E-state index is 0. The van der Waals surface area contributed by atoms with Gasteiger partial charge in [0.2, 0.25) is 0 Å². The predicted molar refractivity (Wildman–Crippen MR) is 39.1 cm³/mol. The number of rotatable bonds is 0. The van der Waals surface area contributed by atoms with Crippen molar-refractivity contribution in [2.24, 2.45) is 0 Å². The fraction of sp³-hybridized carbons (Fsp3) is 0. The first-order valence-corrected chi connectivity index (χ1v) is 2.46. The number of carboxylic acid groups (broad SMARTS) is 1. The van der Waals surface area contributed by atoms with Crippen molar-refractivity contribution >= 4 is 6.47 Å². The zero-order valence-electron chi connectivity index (χ0n) is 6.76. The topological polar surface area (TPSA) is 291 Å². The predicted octanol–water partition coefficient (Wildman–Crippen LogP) is -0.911. The maximum atomic E-state index is 8.83. The van der Waals surface area contributed by atoms with E-state index < -0.39 is 16.7 Å². The SMILES string of the molecule is O=C[O-].[NH2-].[NH2-].[NH2-].[NH2-].[NH2-].[O-][Cl+](O)(O)O.[Ru+8]. The van der Waals surface area contributed by atoms with Crippen LogP contribution in [0.25, 0.3) is 30.8 Å². The van der Waals surface area contributed by atoms with Gasteiger partial charge >= 0.3 is 48.4 Å². The van der Waals surface area contributed by atoms with Crippen LogP contribution in [0, 0.1) is 10.2 Å². The second-order valence-corrected chi connectivity index (χ2v) is 1.40. The molecule has 14 heavy (non-hydrogen) atoms. The molecule has 0 unspecified atom stereocenters. The van der Waals surface area contributed by atoms with Gasteiger partial charge in [0.25, 0.3) is 0 Å². The number of carbonyl (C=O) groups excluding carboxylic acids is 1. The zero-order valence-corrected chi connectivity index (χ0v) is 9.26. The molecule has 0 aliphatic carbocycles. The number of carbonyl (C=O) groups is 1. The quantitative estimate of drug-likeness (QED) is 0.372. The third-order valence-electron chi connectivity index (χ3n) is 0. The molecule has 92 valence electrons. The van der Waals surface area contributed by atoms with Crippen molar-refractivity contribution in [3.63, 3.8) is 0 Å². The largest absolute Gasteiger partial charge is 8.00 e. The smallest absolute Gasteiger partial charge is 8.00 e. The van der Waals surface area contributed by atoms with E-state index in [0.717, 1.165) is 0 Å². The zero-order chi connectivity index (χ0) is 7.21. The molecule has 0 saturated carbocycles. The van der Waals surface area contributed by atoms with Crippen LogP contribution in [0.15, 0.2) is 0 Å². The van der Waals surface area contributed by atoms with Crippen LogP contribution >= 0.6 is 0 Å². The molecule has 0 rings (SSSR count). The van der Waals surface area contributed by atoms with Gasteiger partial charge in [-0.25, -0.2) is 0 Å². The van der Waals surface area contributed by atoms with Gasteiger partial charge in [0, 0.05) is 6.47 Å². The maximum absolute atomic E-state index is 8.83. The summed E-state index contributed by atoms with van der Waals surface area (Å²) in [6.07, 6.45) is 0. The van der Waals surface area contributed by atoms with Crippen LogP contribution in [0.3, 0.4) is 0 Å². The van der Waals surface area contributed by atoms with Gasteiger partial charge in [0.15, 0.2) is 0 Å². The minimum atomic E-state index is -4.19. The van der Waals surface area contributed by atoms with E-state index in [4.69, 9.17) is 28.5 Å². The third kappa shape index (κ3) is 2670000. The summed E-state index contributed by atoms with van der Waals surface area (Å²) in [7, 11) is -4.19. The Balaban J connectivity index is -0.00000000626. The summed E-state index contributed by atoms with van der Waals surface area (Å²) in [5, 5.41) is 8.25. The molecule has 0 aliphatic rings. The molecular formula is CH14ClN5O6Ru+2. The van der Waals surface area contributed by atoms with Crippen molar-refractivity contribution in [2.45, 2.75) is 0 Å². The molecule has 0 saturated heterocycles. The van der Waals surface area contributed by atoms with Gasteiger partial charge in [-0.1, -0.05) is 0 Å². The summed E-state index contributed by atoms with van der Waals surface area (Å²) in [5.74, 6) is 0. The number of hydrogen-bond donors (Lipinski definition) is 3. The molecule has 0 aromatic rings. The van der Waals surface area contributed by atoms with Crippen LogP contribution in [0.2, 0.25) is 0 Å². The molecule has 0 radical (unpaired) electrons. The van der Waals surface area contributed by atoms with E-state index in [-0.39, 0.29) is 50.2 Å². The Morgan fingerprint density at radius 1 is 0.929 bits per heavy atom. The van der Waals surface area contributed by atoms with Gasteiger partial charge in [0.05, 0.1) is 0 Å². The molecule has 11 nitrogen and oxygen atoms in total. The average Bonchev–Trinajstić information content (AvgIpc) is 1.27. The molecule has 0 aliphatic heterocycles. The van der Waals surface area contributed by atoms with Crippen molar-refractivity contribution in [1.29, 1.82) is 0 Å². The van der Waals surface area contributed by atoms with Crippen molar-refractivity contribution < 1.29 is 58.3 Å². The first-order chi connectivity index (χ1) is 3.41. The molecule has 0 amide bonds. The van der Waals surface area contributed by atoms with Crippen LogP contribution < -0.4 is 9.77 Å². The Bertz CT molecular complexity index is 65.7. The molecule has 0 aromatic carbocycles. The normalized spacial score (nSPS) is 6.29. The molecule has 0 aromatic heterocycles. The Morgan fingerprint density at radius 2 is 0.929 bits per heavy atom. The Morgan fingerprint density at radius 3 is 0.929 bits per heavy atom. The van der Waals surface area contributed by atoms with Crippen molar-refractivity contribution in [3.05, 3.63) is 30.8 Å². The van der Waals surface area contributed by atoms with E-state index in [9.17, 15) is 0 Å². The van der Waals surface area contributed by atoms with E-state index in [1.807, 2.05) is 0 Å². The summed E-state index contributed by atoms with van der Waals surface area (Å²) in [4.78, 5) is 8.25. The van der Waals surface area contributed by atoms with Crippen molar-refractivity contribution in [3.8, 4) is 0 Å². The van der Waals surface area contributed by atoms with Gasteiger partial charge in [-0.05, 0) is 0 Å². The molecule has 0 fully saturated rings. The first-order valence-electron chi connectivity index (χ1n) is 1.13. The van der Waals surface area contributed by atoms with Crippen molar-refractivity contribution in [1.82, 2.24) is 0 Å². The van der Waals surface area contributed by atoms with E-state index in [1.165, 1.54) is 0 Å². The average molecular weight is 329 g/mol. The van der Waals surface area contributed by atoms with Crippen LogP contribution in [-0.4, -0.2) is 20.4 Å². The van der Waals surface area contributed by atoms with Crippen LogP contribution in [0.4, 0.5) is 0 Å². The maximum Gasteiger partial charge on any atom is 8.00 e. The first kappa shape index (κ1) is 65.6. The Kier molecular flexibility index (Phi) is 179. The van der Waals surface area contributed by atoms with Crippen molar-refractivity contribution in [2.75, 3.05) is 0 Å². The standard InChI is InChI=1S/CH2O2.ClH3O4.5H2N.Ru/c2-1-3;2-1(3,4)5;;;;;;/h1H,(H,2,3);2-4H;5*1H2;/q;;5*-1;+8/p-1. The second-order valence-electron chi connectivity index (χ2n) is 0.530. The Labute approximate surface area is 95.9 Å². The third-order valence-corrected chi connectivity index (χ3v) is 0. The van der Waals surface area contributed by atoms with Crippen LogP contribution in [-0.2, 0) is 24.3 Å². The molecule has 0 spiro atoms. The Hall–Kier alpha value is 0.0234. The van der Waals surface area contributed by atoms with Crippen LogP contribution in [0.5, 0.6) is 0 Å². The summed E-state index contributed by atoms with van der Waals surface area (Å²) in [6.45, 7) is -0.500. The van der Waals surface area contributed by atoms with Gasteiger partial charge < -0.3 is 40.7 Å². The monoisotopic (exact) mass is 329 g/mol. The van der Waals surface area contributed by atoms with Crippen LogP contribution in [0.1, 0.15) is 0 Å². The molecule has 0 heterocycles. The fourth-order valence-electron chi connectivity index (χ4n) is 0. The fourth-order valence-corrected chi connectivity index (χ4v) is 0. The van der Waals surface area contributed by atoms with E-state index >= 15 is 0 Å².